The molecule has 23 heavy (non-hydrogen) atoms. The van der Waals surface area contributed by atoms with E-state index in [-0.39, 0.29) is 37.5 Å². The summed E-state index contributed by atoms with van der Waals surface area (Å²) in [5.74, 6) is 0.588. The molecule has 1 rings (SSSR count). The highest BCUT2D eigenvalue weighted by atomic mass is 17.0. The third-order valence-corrected chi connectivity index (χ3v) is 4.04. The average Bonchev–Trinajstić information content (AvgIpc) is 2.41. The molecule has 1 atom stereocenters. The minimum atomic E-state index is -0.422. The van der Waals surface area contributed by atoms with Crippen LogP contribution in [0.15, 0.2) is 0 Å². The lowest BCUT2D eigenvalue weighted by Gasteiger charge is -2.47. The van der Waals surface area contributed by atoms with Crippen molar-refractivity contribution in [2.75, 3.05) is 26.4 Å². The van der Waals surface area contributed by atoms with E-state index in [1.54, 1.807) is 0 Å². The van der Waals surface area contributed by atoms with Crippen molar-refractivity contribution in [3.63, 3.8) is 0 Å². The third kappa shape index (κ3) is 7.89. The van der Waals surface area contributed by atoms with Gasteiger partial charge in [0, 0.05) is 11.1 Å². The molecule has 1 aliphatic rings. The van der Waals surface area contributed by atoms with Gasteiger partial charge in [-0.2, -0.15) is 0 Å². The fraction of sp³-hybridized carbons (Fsp3) is 1.00. The van der Waals surface area contributed by atoms with Crippen molar-refractivity contribution in [2.45, 2.75) is 70.6 Å². The van der Waals surface area contributed by atoms with E-state index >= 15 is 0 Å². The Morgan fingerprint density at radius 3 is 2.00 bits per heavy atom. The Balaban J connectivity index is 2.49. The van der Waals surface area contributed by atoms with Gasteiger partial charge in [0.2, 0.25) is 0 Å². The molecule has 1 saturated heterocycles. The molecule has 0 amide bonds. The highest BCUT2D eigenvalue weighted by Crippen LogP contribution is 2.35. The minimum Gasteiger partial charge on any atom is -0.394 e. The second-order valence-corrected chi connectivity index (χ2v) is 7.71. The number of nitrogens with zero attached hydrogens (tertiary/aromatic N) is 1. The maximum absolute atomic E-state index is 8.87. The molecule has 138 valence electrons. The summed E-state index contributed by atoms with van der Waals surface area (Å²) in [6, 6.07) is 0. The van der Waals surface area contributed by atoms with E-state index in [0.717, 1.165) is 25.7 Å². The number of nitrogens with one attached hydrogen (secondary N) is 1. The van der Waals surface area contributed by atoms with Gasteiger partial charge in [0.1, 0.15) is 6.17 Å². The minimum absolute atomic E-state index is 0.109. The number of hydrogen-bond acceptors (Lipinski definition) is 7. The lowest BCUT2D eigenvalue weighted by molar-refractivity contribution is -0.391. The highest BCUT2D eigenvalue weighted by molar-refractivity contribution is 4.96. The Morgan fingerprint density at radius 1 is 1.09 bits per heavy atom. The van der Waals surface area contributed by atoms with Crippen LogP contribution < -0.4 is 11.1 Å². The van der Waals surface area contributed by atoms with Crippen molar-refractivity contribution in [1.29, 1.82) is 0 Å². The zero-order valence-electron chi connectivity index (χ0n) is 15.0. The van der Waals surface area contributed by atoms with Gasteiger partial charge in [0.05, 0.1) is 26.4 Å². The summed E-state index contributed by atoms with van der Waals surface area (Å²) >= 11 is 0. The molecule has 0 spiro atoms. The molecule has 0 saturated carbocycles. The summed E-state index contributed by atoms with van der Waals surface area (Å²) in [4.78, 5) is 10.6. The lowest BCUT2D eigenvalue weighted by Crippen LogP contribution is -2.57. The van der Waals surface area contributed by atoms with E-state index in [2.05, 4.69) is 33.0 Å². The predicted molar refractivity (Wildman–Crippen MR) is 89.1 cm³/mol. The molecule has 7 heteroatoms. The number of nitrogens with two attached hydrogens (primary N) is 1. The second kappa shape index (κ2) is 9.27. The fourth-order valence-corrected chi connectivity index (χ4v) is 3.74. The molecule has 0 radical (unpaired) electrons. The lowest BCUT2D eigenvalue weighted by atomic mass is 9.74. The molecule has 1 fully saturated rings. The van der Waals surface area contributed by atoms with E-state index in [1.165, 1.54) is 5.23 Å². The molecule has 0 aromatic carbocycles. The summed E-state index contributed by atoms with van der Waals surface area (Å²) in [6.45, 7) is 8.97. The van der Waals surface area contributed by atoms with Gasteiger partial charge in [-0.05, 0) is 64.5 Å². The fourth-order valence-electron chi connectivity index (χ4n) is 3.74. The van der Waals surface area contributed by atoms with Crippen molar-refractivity contribution in [3.05, 3.63) is 0 Å². The quantitative estimate of drug-likeness (QED) is 0.346. The van der Waals surface area contributed by atoms with Crippen LogP contribution in [0.3, 0.4) is 0 Å². The van der Waals surface area contributed by atoms with Gasteiger partial charge in [-0.25, -0.2) is 0 Å². The maximum Gasteiger partial charge on any atom is 0.110 e. The van der Waals surface area contributed by atoms with E-state index in [0.29, 0.717) is 5.92 Å². The predicted octanol–water partition coefficient (Wildman–Crippen LogP) is 0.758. The van der Waals surface area contributed by atoms with Crippen LogP contribution in [0, 0.1) is 5.92 Å². The van der Waals surface area contributed by atoms with E-state index in [1.807, 2.05) is 0 Å². The first-order valence-electron chi connectivity index (χ1n) is 8.51. The molecular formula is C16H35N3O4. The Kier molecular flexibility index (Phi) is 8.37. The molecule has 5 N–H and O–H groups in total. The molecule has 0 bridgehead atoms. The standard InChI is InChI=1S/C16H35N3O4/c1-15(2)11-13(12-16(3,4)18-15)5-6-14(17)19(22-9-7-20)23-10-8-21/h13-14,18,20-21H,5-12,17H2,1-4H3. The van der Waals surface area contributed by atoms with E-state index < -0.39 is 6.17 Å². The van der Waals surface area contributed by atoms with Crippen LogP contribution in [0.4, 0.5) is 0 Å². The number of hydrogen-bond donors (Lipinski definition) is 4. The number of aliphatic hydroxyl groups excluding tert-OH is 2. The Morgan fingerprint density at radius 2 is 1.57 bits per heavy atom. The molecule has 0 aromatic rings. The SMILES string of the molecule is CC1(C)CC(CCC(N)N(OCCO)OCCO)CC(C)(C)N1. The Bertz CT molecular complexity index is 315. The highest BCUT2D eigenvalue weighted by Gasteiger charge is 2.37. The number of aliphatic hydroxyl groups is 2. The van der Waals surface area contributed by atoms with Crippen LogP contribution in [0.5, 0.6) is 0 Å². The summed E-state index contributed by atoms with van der Waals surface area (Å²) in [5, 5.41) is 22.6. The van der Waals surface area contributed by atoms with Crippen LogP contribution in [0.2, 0.25) is 0 Å². The molecule has 1 heterocycles. The van der Waals surface area contributed by atoms with Crippen LogP contribution >= 0.6 is 0 Å². The van der Waals surface area contributed by atoms with Gasteiger partial charge < -0.3 is 21.3 Å². The largest absolute Gasteiger partial charge is 0.394 e. The molecule has 7 nitrogen and oxygen atoms in total. The first-order chi connectivity index (χ1) is 10.7. The van der Waals surface area contributed by atoms with Gasteiger partial charge >= 0.3 is 0 Å². The van der Waals surface area contributed by atoms with Gasteiger partial charge in [-0.3, -0.25) is 9.68 Å². The van der Waals surface area contributed by atoms with E-state index in [4.69, 9.17) is 25.6 Å². The first-order valence-corrected chi connectivity index (χ1v) is 8.51. The van der Waals surface area contributed by atoms with Gasteiger partial charge in [0.15, 0.2) is 0 Å². The third-order valence-electron chi connectivity index (χ3n) is 4.04. The van der Waals surface area contributed by atoms with Crippen LogP contribution in [-0.2, 0) is 9.68 Å². The van der Waals surface area contributed by atoms with Gasteiger partial charge in [-0.15, -0.1) is 0 Å². The van der Waals surface area contributed by atoms with Crippen molar-refractivity contribution in [3.8, 4) is 0 Å². The summed E-state index contributed by atoms with van der Waals surface area (Å²) in [5.41, 5.74) is 6.39. The zero-order valence-corrected chi connectivity index (χ0v) is 15.0. The molecule has 1 unspecified atom stereocenters. The Labute approximate surface area is 140 Å². The average molecular weight is 333 g/mol. The molecular weight excluding hydrogens is 298 g/mol. The first kappa shape index (κ1) is 20.8. The summed E-state index contributed by atoms with van der Waals surface area (Å²) < 4.78 is 0. The monoisotopic (exact) mass is 333 g/mol. The van der Waals surface area contributed by atoms with Crippen molar-refractivity contribution >= 4 is 0 Å². The molecule has 0 aliphatic carbocycles. The topological polar surface area (TPSA) is 100 Å². The summed E-state index contributed by atoms with van der Waals surface area (Å²) in [7, 11) is 0. The van der Waals surface area contributed by atoms with Gasteiger partial charge in [-0.1, -0.05) is 0 Å². The van der Waals surface area contributed by atoms with Crippen molar-refractivity contribution in [1.82, 2.24) is 10.5 Å². The number of piperidine rings is 1. The van der Waals surface area contributed by atoms with Crippen molar-refractivity contribution in [2.24, 2.45) is 11.7 Å². The van der Waals surface area contributed by atoms with Crippen LogP contribution in [-0.4, -0.2) is 59.1 Å². The maximum atomic E-state index is 8.87. The van der Waals surface area contributed by atoms with Crippen LogP contribution in [0.1, 0.15) is 53.4 Å². The smallest absolute Gasteiger partial charge is 0.110 e. The number of rotatable bonds is 10. The normalized spacial score (nSPS) is 22.4. The summed E-state index contributed by atoms with van der Waals surface area (Å²) in [6.07, 6.45) is 3.51. The van der Waals surface area contributed by atoms with Gasteiger partial charge in [0.25, 0.3) is 0 Å². The van der Waals surface area contributed by atoms with Crippen molar-refractivity contribution < 1.29 is 19.9 Å². The zero-order chi connectivity index (χ0) is 17.5. The van der Waals surface area contributed by atoms with E-state index in [9.17, 15) is 0 Å². The van der Waals surface area contributed by atoms with Crippen LogP contribution in [0.25, 0.3) is 0 Å². The molecule has 0 aromatic heterocycles. The number of hydroxylamine groups is 2. The Hall–Kier alpha value is -0.280. The molecule has 1 aliphatic heterocycles. The second-order valence-electron chi connectivity index (χ2n) is 7.71.